The van der Waals surface area contributed by atoms with Gasteiger partial charge in [0.2, 0.25) is 0 Å². The van der Waals surface area contributed by atoms with Crippen molar-refractivity contribution < 1.29 is 4.42 Å². The van der Waals surface area contributed by atoms with Crippen LogP contribution in [0.25, 0.3) is 0 Å². The molecule has 96 valence electrons. The van der Waals surface area contributed by atoms with Crippen LogP contribution in [0, 0.1) is 12.8 Å². The van der Waals surface area contributed by atoms with Gasteiger partial charge in [-0.05, 0) is 65.4 Å². The predicted molar refractivity (Wildman–Crippen MR) is 70.1 cm³/mol. The van der Waals surface area contributed by atoms with Crippen molar-refractivity contribution >= 4 is 0 Å². The topological polar surface area (TPSA) is 28.4 Å². The zero-order valence-electron chi connectivity index (χ0n) is 11.4. The summed E-state index contributed by atoms with van der Waals surface area (Å²) in [6, 6.07) is 5.23. The van der Waals surface area contributed by atoms with Crippen LogP contribution in [0.5, 0.6) is 0 Å². The third kappa shape index (κ3) is 2.55. The van der Waals surface area contributed by atoms with E-state index in [-0.39, 0.29) is 0 Å². The number of hydrogen-bond acceptors (Lipinski definition) is 3. The fraction of sp³-hybridized carbons (Fsp3) is 0.714. The normalized spacial score (nSPS) is 25.9. The molecular formula is C14H24N2O. The van der Waals surface area contributed by atoms with Crippen LogP contribution in [0.1, 0.15) is 37.8 Å². The third-order valence-electron chi connectivity index (χ3n) is 3.74. The largest absolute Gasteiger partial charge is 0.465 e. The van der Waals surface area contributed by atoms with Gasteiger partial charge in [0.25, 0.3) is 0 Å². The summed E-state index contributed by atoms with van der Waals surface area (Å²) in [7, 11) is 2.03. The Kier molecular flexibility index (Phi) is 3.89. The first-order valence-electron chi connectivity index (χ1n) is 6.60. The smallest absolute Gasteiger partial charge is 0.121 e. The second-order valence-corrected chi connectivity index (χ2v) is 5.33. The summed E-state index contributed by atoms with van der Waals surface area (Å²) in [5, 5.41) is 3.31. The van der Waals surface area contributed by atoms with Crippen molar-refractivity contribution in [2.24, 2.45) is 5.92 Å². The van der Waals surface area contributed by atoms with Gasteiger partial charge in [-0.15, -0.1) is 0 Å². The van der Waals surface area contributed by atoms with Crippen molar-refractivity contribution in [2.45, 2.75) is 39.3 Å². The van der Waals surface area contributed by atoms with E-state index in [1.807, 2.05) is 14.0 Å². The minimum Gasteiger partial charge on any atom is -0.465 e. The maximum absolute atomic E-state index is 5.85. The molecule has 1 aliphatic rings. The van der Waals surface area contributed by atoms with Crippen molar-refractivity contribution in [3.8, 4) is 0 Å². The molecule has 1 aromatic rings. The minimum atomic E-state index is 0.441. The van der Waals surface area contributed by atoms with Gasteiger partial charge in [0, 0.05) is 6.04 Å². The summed E-state index contributed by atoms with van der Waals surface area (Å²) in [6.07, 6.45) is 1.25. The summed E-state index contributed by atoms with van der Waals surface area (Å²) >= 11 is 0. The van der Waals surface area contributed by atoms with E-state index in [9.17, 15) is 0 Å². The quantitative estimate of drug-likeness (QED) is 0.871. The number of rotatable bonds is 4. The Bertz CT molecular complexity index is 359. The maximum atomic E-state index is 5.85. The molecule has 2 heterocycles. The van der Waals surface area contributed by atoms with Gasteiger partial charge < -0.3 is 9.73 Å². The summed E-state index contributed by atoms with van der Waals surface area (Å²) in [5.74, 6) is 2.81. The highest BCUT2D eigenvalue weighted by atomic mass is 16.3. The van der Waals surface area contributed by atoms with Gasteiger partial charge >= 0.3 is 0 Å². The van der Waals surface area contributed by atoms with Crippen molar-refractivity contribution in [3.05, 3.63) is 23.7 Å². The molecule has 2 unspecified atom stereocenters. The molecule has 1 aromatic heterocycles. The lowest BCUT2D eigenvalue weighted by molar-refractivity contribution is 0.159. The monoisotopic (exact) mass is 236 g/mol. The van der Waals surface area contributed by atoms with Crippen LogP contribution in [-0.4, -0.2) is 31.1 Å². The van der Waals surface area contributed by atoms with Crippen molar-refractivity contribution in [3.63, 3.8) is 0 Å². The number of nitrogens with zero attached hydrogens (tertiary/aromatic N) is 1. The van der Waals surface area contributed by atoms with E-state index < -0.39 is 0 Å². The van der Waals surface area contributed by atoms with Gasteiger partial charge in [-0.2, -0.15) is 0 Å². The Morgan fingerprint density at radius 1 is 1.47 bits per heavy atom. The molecule has 0 amide bonds. The molecule has 0 aromatic carbocycles. The summed E-state index contributed by atoms with van der Waals surface area (Å²) in [6.45, 7) is 8.79. The molecule has 0 aliphatic carbocycles. The van der Waals surface area contributed by atoms with Crippen LogP contribution < -0.4 is 5.32 Å². The first-order chi connectivity index (χ1) is 8.13. The highest BCUT2D eigenvalue weighted by Gasteiger charge is 2.37. The molecule has 2 atom stereocenters. The van der Waals surface area contributed by atoms with Crippen molar-refractivity contribution in [2.75, 3.05) is 20.1 Å². The maximum Gasteiger partial charge on any atom is 0.121 e. The Morgan fingerprint density at radius 2 is 2.24 bits per heavy atom. The standard InChI is InChI=1S/C14H24N2O/c1-10(2)16-8-7-12(9-15-4)14(16)13-6-5-11(3)17-13/h5-6,10,12,14-15H,7-9H2,1-4H3. The molecule has 1 fully saturated rings. The van der Waals surface area contributed by atoms with Gasteiger partial charge in [-0.1, -0.05) is 0 Å². The first kappa shape index (κ1) is 12.7. The van der Waals surface area contributed by atoms with Gasteiger partial charge in [0.05, 0.1) is 6.04 Å². The van der Waals surface area contributed by atoms with Gasteiger partial charge in [0.15, 0.2) is 0 Å². The van der Waals surface area contributed by atoms with Gasteiger partial charge in [0.1, 0.15) is 11.5 Å². The van der Waals surface area contributed by atoms with Crippen LogP contribution in [-0.2, 0) is 0 Å². The highest BCUT2D eigenvalue weighted by Crippen LogP contribution is 2.38. The lowest BCUT2D eigenvalue weighted by atomic mass is 9.98. The molecule has 1 saturated heterocycles. The first-order valence-corrected chi connectivity index (χ1v) is 6.60. The van der Waals surface area contributed by atoms with E-state index in [0.717, 1.165) is 18.1 Å². The lowest BCUT2D eigenvalue weighted by Gasteiger charge is -2.29. The predicted octanol–water partition coefficient (Wildman–Crippen LogP) is 2.58. The van der Waals surface area contributed by atoms with Crippen LogP contribution in [0.2, 0.25) is 0 Å². The number of aryl methyl sites for hydroxylation is 1. The van der Waals surface area contributed by atoms with E-state index in [1.54, 1.807) is 0 Å². The summed E-state index contributed by atoms with van der Waals surface area (Å²) < 4.78 is 5.85. The average molecular weight is 236 g/mol. The molecule has 1 aliphatic heterocycles. The number of hydrogen-bond donors (Lipinski definition) is 1. The van der Waals surface area contributed by atoms with E-state index in [1.165, 1.54) is 13.0 Å². The fourth-order valence-corrected chi connectivity index (χ4v) is 2.95. The Balaban J connectivity index is 2.22. The third-order valence-corrected chi connectivity index (χ3v) is 3.74. The van der Waals surface area contributed by atoms with Crippen molar-refractivity contribution in [1.29, 1.82) is 0 Å². The SMILES string of the molecule is CNCC1CCN(C(C)C)C1c1ccc(C)o1. The molecule has 0 saturated carbocycles. The number of furan rings is 1. The molecular weight excluding hydrogens is 212 g/mol. The summed E-state index contributed by atoms with van der Waals surface area (Å²) in [5.41, 5.74) is 0. The fourth-order valence-electron chi connectivity index (χ4n) is 2.95. The number of likely N-dealkylation sites (tertiary alicyclic amines) is 1. The van der Waals surface area contributed by atoms with Gasteiger partial charge in [-0.3, -0.25) is 4.90 Å². The van der Waals surface area contributed by atoms with Crippen LogP contribution in [0.4, 0.5) is 0 Å². The van der Waals surface area contributed by atoms with E-state index in [2.05, 4.69) is 36.2 Å². The van der Waals surface area contributed by atoms with Gasteiger partial charge in [-0.25, -0.2) is 0 Å². The molecule has 1 N–H and O–H groups in total. The molecule has 3 heteroatoms. The highest BCUT2D eigenvalue weighted by molar-refractivity contribution is 5.13. The molecule has 0 bridgehead atoms. The zero-order valence-corrected chi connectivity index (χ0v) is 11.4. The summed E-state index contributed by atoms with van der Waals surface area (Å²) in [4.78, 5) is 2.56. The average Bonchev–Trinajstić information content (AvgIpc) is 2.84. The Labute approximate surface area is 104 Å². The molecule has 17 heavy (non-hydrogen) atoms. The van der Waals surface area contributed by atoms with Crippen molar-refractivity contribution in [1.82, 2.24) is 10.2 Å². The molecule has 3 nitrogen and oxygen atoms in total. The van der Waals surface area contributed by atoms with E-state index >= 15 is 0 Å². The second-order valence-electron chi connectivity index (χ2n) is 5.33. The van der Waals surface area contributed by atoms with Crippen LogP contribution >= 0.6 is 0 Å². The molecule has 0 radical (unpaired) electrons. The Hall–Kier alpha value is -0.800. The van der Waals surface area contributed by atoms with Crippen LogP contribution in [0.15, 0.2) is 16.5 Å². The van der Waals surface area contributed by atoms with E-state index in [0.29, 0.717) is 18.0 Å². The number of nitrogens with one attached hydrogen (secondary N) is 1. The minimum absolute atomic E-state index is 0.441. The zero-order chi connectivity index (χ0) is 12.4. The Morgan fingerprint density at radius 3 is 2.76 bits per heavy atom. The molecule has 2 rings (SSSR count). The second kappa shape index (κ2) is 5.23. The molecule has 0 spiro atoms. The van der Waals surface area contributed by atoms with E-state index in [4.69, 9.17) is 4.42 Å². The van der Waals surface area contributed by atoms with Crippen LogP contribution in [0.3, 0.4) is 0 Å². The lowest BCUT2D eigenvalue weighted by Crippen LogP contribution is -2.33.